The number of carbonyl (C=O) groups is 2. The number of nitrogens with one attached hydrogen (secondary N) is 1. The van der Waals surface area contributed by atoms with Crippen LogP contribution in [0, 0.1) is 12.8 Å². The highest BCUT2D eigenvalue weighted by Crippen LogP contribution is 2.42. The first-order valence-electron chi connectivity index (χ1n) is 10.0. The Bertz CT molecular complexity index is 859. The van der Waals surface area contributed by atoms with Gasteiger partial charge in [0.1, 0.15) is 5.37 Å². The van der Waals surface area contributed by atoms with Gasteiger partial charge in [0.2, 0.25) is 11.8 Å². The summed E-state index contributed by atoms with van der Waals surface area (Å²) in [6, 6.07) is 16.0. The Labute approximate surface area is 170 Å². The number of anilines is 2. The van der Waals surface area contributed by atoms with Crippen molar-refractivity contribution in [3.05, 3.63) is 59.7 Å². The maximum atomic E-state index is 12.5. The number of para-hydroxylation sites is 1. The minimum atomic E-state index is -0.0308. The van der Waals surface area contributed by atoms with Crippen molar-refractivity contribution in [1.29, 1.82) is 0 Å². The number of amides is 2. The molecular weight excluding hydrogens is 368 g/mol. The smallest absolute Gasteiger partial charge is 0.238 e. The van der Waals surface area contributed by atoms with E-state index in [9.17, 15) is 9.59 Å². The zero-order valence-electron chi connectivity index (χ0n) is 16.2. The van der Waals surface area contributed by atoms with Gasteiger partial charge in [-0.05, 0) is 49.1 Å². The molecule has 4 nitrogen and oxygen atoms in total. The van der Waals surface area contributed by atoms with Crippen LogP contribution in [-0.4, -0.2) is 17.6 Å². The second kappa shape index (κ2) is 8.39. The number of thioether (sulfide) groups is 1. The summed E-state index contributed by atoms with van der Waals surface area (Å²) in [5, 5.41) is 3.03. The van der Waals surface area contributed by atoms with Gasteiger partial charge in [0.05, 0.1) is 5.75 Å². The molecule has 5 heteroatoms. The Morgan fingerprint density at radius 2 is 1.75 bits per heavy atom. The van der Waals surface area contributed by atoms with Crippen molar-refractivity contribution in [2.45, 2.75) is 44.4 Å². The Hall–Kier alpha value is -2.27. The van der Waals surface area contributed by atoms with Crippen molar-refractivity contribution in [3.63, 3.8) is 0 Å². The molecule has 0 bridgehead atoms. The Balaban J connectivity index is 1.49. The standard InChI is InChI=1S/C23H26N2O2S/c1-16-7-5-6-10-20(16)25-21(26)15-28-23(25)18-11-13-19(14-12-18)24-22(27)17-8-3-2-4-9-17/h5-7,10-14,17,23H,2-4,8-9,15H2,1H3,(H,24,27)/t23-/m1/s1. The first-order valence-corrected chi connectivity index (χ1v) is 11.1. The molecule has 0 aromatic heterocycles. The van der Waals surface area contributed by atoms with E-state index in [0.29, 0.717) is 5.75 Å². The first kappa shape index (κ1) is 19.1. The minimum Gasteiger partial charge on any atom is -0.326 e. The lowest BCUT2D eigenvalue weighted by Crippen LogP contribution is -2.28. The third-order valence-electron chi connectivity index (χ3n) is 5.68. The number of nitrogens with zero attached hydrogens (tertiary/aromatic N) is 1. The van der Waals surface area contributed by atoms with Crippen LogP contribution in [0.5, 0.6) is 0 Å². The second-order valence-corrected chi connectivity index (χ2v) is 8.73. The molecule has 0 spiro atoms. The third-order valence-corrected chi connectivity index (χ3v) is 6.89. The lowest BCUT2D eigenvalue weighted by Gasteiger charge is -2.26. The van der Waals surface area contributed by atoms with Crippen LogP contribution in [0.2, 0.25) is 0 Å². The van der Waals surface area contributed by atoms with E-state index in [0.717, 1.165) is 48.2 Å². The van der Waals surface area contributed by atoms with Crippen LogP contribution in [0.3, 0.4) is 0 Å². The van der Waals surface area contributed by atoms with E-state index in [-0.39, 0.29) is 23.1 Å². The Morgan fingerprint density at radius 3 is 2.46 bits per heavy atom. The van der Waals surface area contributed by atoms with E-state index in [4.69, 9.17) is 0 Å². The van der Waals surface area contributed by atoms with Crippen LogP contribution in [0.15, 0.2) is 48.5 Å². The van der Waals surface area contributed by atoms with Crippen molar-refractivity contribution < 1.29 is 9.59 Å². The largest absolute Gasteiger partial charge is 0.326 e. The molecular formula is C23H26N2O2S. The normalized spacial score (nSPS) is 20.4. The van der Waals surface area contributed by atoms with Gasteiger partial charge in [-0.3, -0.25) is 14.5 Å². The number of aryl methyl sites for hydroxylation is 1. The summed E-state index contributed by atoms with van der Waals surface area (Å²) < 4.78 is 0. The number of hydrogen-bond donors (Lipinski definition) is 1. The number of rotatable bonds is 4. The average Bonchev–Trinajstić information content (AvgIpc) is 3.11. The number of carbonyl (C=O) groups excluding carboxylic acids is 2. The fourth-order valence-electron chi connectivity index (χ4n) is 4.10. The molecule has 1 saturated heterocycles. The van der Waals surface area contributed by atoms with Gasteiger partial charge >= 0.3 is 0 Å². The van der Waals surface area contributed by atoms with Crippen LogP contribution in [-0.2, 0) is 9.59 Å². The van der Waals surface area contributed by atoms with Crippen LogP contribution in [0.4, 0.5) is 11.4 Å². The van der Waals surface area contributed by atoms with Gasteiger partial charge in [0, 0.05) is 17.3 Å². The third kappa shape index (κ3) is 3.95. The van der Waals surface area contributed by atoms with Crippen molar-refractivity contribution in [2.24, 2.45) is 5.92 Å². The van der Waals surface area contributed by atoms with E-state index in [1.807, 2.05) is 60.4 Å². The summed E-state index contributed by atoms with van der Waals surface area (Å²) in [6.45, 7) is 2.03. The van der Waals surface area contributed by atoms with Crippen molar-refractivity contribution in [1.82, 2.24) is 0 Å². The molecule has 1 N–H and O–H groups in total. The van der Waals surface area contributed by atoms with E-state index in [2.05, 4.69) is 5.32 Å². The molecule has 146 valence electrons. The zero-order chi connectivity index (χ0) is 19.5. The van der Waals surface area contributed by atoms with Crippen molar-refractivity contribution in [3.8, 4) is 0 Å². The molecule has 28 heavy (non-hydrogen) atoms. The predicted octanol–water partition coefficient (Wildman–Crippen LogP) is 5.29. The number of hydrogen-bond acceptors (Lipinski definition) is 3. The van der Waals surface area contributed by atoms with Crippen molar-refractivity contribution in [2.75, 3.05) is 16.0 Å². The molecule has 2 aromatic rings. The highest BCUT2D eigenvalue weighted by Gasteiger charge is 2.34. The number of benzene rings is 2. The molecule has 2 aliphatic rings. The fraction of sp³-hybridized carbons (Fsp3) is 0.391. The highest BCUT2D eigenvalue weighted by molar-refractivity contribution is 8.00. The van der Waals surface area contributed by atoms with E-state index in [1.54, 1.807) is 11.8 Å². The summed E-state index contributed by atoms with van der Waals surface area (Å²) in [4.78, 5) is 26.9. The predicted molar refractivity (Wildman–Crippen MR) is 116 cm³/mol. The average molecular weight is 395 g/mol. The molecule has 2 amide bonds. The lowest BCUT2D eigenvalue weighted by atomic mass is 9.88. The first-order chi connectivity index (χ1) is 13.6. The fourth-order valence-corrected chi connectivity index (χ4v) is 5.27. The van der Waals surface area contributed by atoms with Gasteiger partial charge in [-0.2, -0.15) is 0 Å². The lowest BCUT2D eigenvalue weighted by molar-refractivity contribution is -0.120. The van der Waals surface area contributed by atoms with E-state index < -0.39 is 0 Å². The topological polar surface area (TPSA) is 49.4 Å². The monoisotopic (exact) mass is 394 g/mol. The minimum absolute atomic E-state index is 0.0308. The SMILES string of the molecule is Cc1ccccc1N1C(=O)CS[C@@H]1c1ccc(NC(=O)C2CCCCC2)cc1. The van der Waals surface area contributed by atoms with Gasteiger partial charge < -0.3 is 5.32 Å². The molecule has 1 heterocycles. The molecule has 0 unspecified atom stereocenters. The molecule has 2 aromatic carbocycles. The van der Waals surface area contributed by atoms with Crippen LogP contribution >= 0.6 is 11.8 Å². The van der Waals surface area contributed by atoms with Gasteiger partial charge in [-0.1, -0.05) is 49.6 Å². The van der Waals surface area contributed by atoms with Crippen LogP contribution < -0.4 is 10.2 Å². The second-order valence-electron chi connectivity index (χ2n) is 7.66. The Kier molecular flexibility index (Phi) is 5.72. The van der Waals surface area contributed by atoms with E-state index >= 15 is 0 Å². The zero-order valence-corrected chi connectivity index (χ0v) is 17.0. The van der Waals surface area contributed by atoms with Gasteiger partial charge in [0.25, 0.3) is 0 Å². The summed E-state index contributed by atoms with van der Waals surface area (Å²) in [5.41, 5.74) is 3.97. The summed E-state index contributed by atoms with van der Waals surface area (Å²) in [7, 11) is 0. The maximum absolute atomic E-state index is 12.5. The summed E-state index contributed by atoms with van der Waals surface area (Å²) >= 11 is 1.65. The van der Waals surface area contributed by atoms with E-state index in [1.165, 1.54) is 6.42 Å². The molecule has 1 aliphatic heterocycles. The van der Waals surface area contributed by atoms with Crippen LogP contribution in [0.25, 0.3) is 0 Å². The molecule has 1 aliphatic carbocycles. The van der Waals surface area contributed by atoms with Crippen LogP contribution in [0.1, 0.15) is 48.6 Å². The molecule has 1 atom stereocenters. The molecule has 2 fully saturated rings. The quantitative estimate of drug-likeness (QED) is 0.766. The van der Waals surface area contributed by atoms with Gasteiger partial charge in [-0.15, -0.1) is 11.8 Å². The highest BCUT2D eigenvalue weighted by atomic mass is 32.2. The van der Waals surface area contributed by atoms with Crippen molar-refractivity contribution >= 4 is 35.0 Å². The summed E-state index contributed by atoms with van der Waals surface area (Å²) in [6.07, 6.45) is 5.54. The molecule has 4 rings (SSSR count). The summed E-state index contributed by atoms with van der Waals surface area (Å²) in [5.74, 6) is 0.908. The molecule has 1 saturated carbocycles. The van der Waals surface area contributed by atoms with Gasteiger partial charge in [0.15, 0.2) is 0 Å². The molecule has 0 radical (unpaired) electrons. The van der Waals surface area contributed by atoms with Gasteiger partial charge in [-0.25, -0.2) is 0 Å². The Morgan fingerprint density at radius 1 is 1.04 bits per heavy atom. The maximum Gasteiger partial charge on any atom is 0.238 e.